The fraction of sp³-hybridized carbons (Fsp3) is 0.615. The number of hydrogen-bond acceptors (Lipinski definition) is 4. The SMILES string of the molecule is C.C.C.C.C.CC.CNCc1cc(OCc2ccccc2)n(CC2CCCCO2)n1.[CH3-].[Y]. The molecule has 1 unspecified atom stereocenters. The molecule has 1 fully saturated rings. The molecule has 1 N–H and O–H groups in total. The van der Waals surface area contributed by atoms with E-state index in [2.05, 4.69) is 22.5 Å². The molecule has 6 heteroatoms. The van der Waals surface area contributed by atoms with Crippen LogP contribution in [-0.4, -0.2) is 29.5 Å². The Morgan fingerprint density at radius 2 is 1.69 bits per heavy atom. The van der Waals surface area contributed by atoms with Crippen molar-refractivity contribution in [2.24, 2.45) is 0 Å². The molecule has 5 nitrogen and oxygen atoms in total. The number of nitrogens with one attached hydrogen (secondary N) is 1. The molecule has 0 saturated carbocycles. The van der Waals surface area contributed by atoms with Crippen LogP contribution in [0.1, 0.15) is 81.5 Å². The first-order chi connectivity index (χ1) is 12.3. The molecular formula is C26H54N3O2Y-. The average Bonchev–Trinajstić information content (AvgIpc) is 3.05. The summed E-state index contributed by atoms with van der Waals surface area (Å²) in [5, 5.41) is 7.79. The Hall–Kier alpha value is -0.746. The first-order valence-corrected chi connectivity index (χ1v) is 9.35. The molecule has 0 aliphatic carbocycles. The molecular weight excluding hydrogens is 475 g/mol. The fourth-order valence-corrected chi connectivity index (χ4v) is 2.84. The molecule has 0 amide bonds. The van der Waals surface area contributed by atoms with E-state index < -0.39 is 0 Å². The van der Waals surface area contributed by atoms with Crippen molar-refractivity contribution >= 4 is 0 Å². The summed E-state index contributed by atoms with van der Waals surface area (Å²) in [5.41, 5.74) is 2.15. The first-order valence-electron chi connectivity index (χ1n) is 9.35. The van der Waals surface area contributed by atoms with Gasteiger partial charge in [-0.1, -0.05) is 81.3 Å². The third-order valence-electron chi connectivity index (χ3n) is 4.03. The van der Waals surface area contributed by atoms with Crippen LogP contribution in [0.15, 0.2) is 36.4 Å². The van der Waals surface area contributed by atoms with E-state index in [0.29, 0.717) is 6.61 Å². The molecule has 1 atom stereocenters. The van der Waals surface area contributed by atoms with E-state index in [9.17, 15) is 0 Å². The normalized spacial score (nSPS) is 13.2. The summed E-state index contributed by atoms with van der Waals surface area (Å²) in [7, 11) is 1.92. The van der Waals surface area contributed by atoms with Gasteiger partial charge in [0, 0.05) is 51.9 Å². The van der Waals surface area contributed by atoms with Gasteiger partial charge in [0.05, 0.1) is 18.3 Å². The van der Waals surface area contributed by atoms with E-state index in [-0.39, 0.29) is 83.4 Å². The van der Waals surface area contributed by atoms with Gasteiger partial charge in [0.2, 0.25) is 5.88 Å². The largest absolute Gasteiger partial charge is 0.473 e. The third kappa shape index (κ3) is 15.2. The van der Waals surface area contributed by atoms with Gasteiger partial charge in [0.25, 0.3) is 0 Å². The van der Waals surface area contributed by atoms with Crippen LogP contribution in [0, 0.1) is 7.43 Å². The maximum Gasteiger partial charge on any atom is 0.212 e. The number of ether oxygens (including phenoxy) is 2. The van der Waals surface area contributed by atoms with Crippen LogP contribution < -0.4 is 10.1 Å². The van der Waals surface area contributed by atoms with Gasteiger partial charge < -0.3 is 22.2 Å². The summed E-state index contributed by atoms with van der Waals surface area (Å²) in [5.74, 6) is 0.813. The molecule has 1 aromatic heterocycles. The summed E-state index contributed by atoms with van der Waals surface area (Å²) in [6, 6.07) is 12.2. The smallest absolute Gasteiger partial charge is 0.212 e. The van der Waals surface area contributed by atoms with Crippen molar-refractivity contribution in [3.8, 4) is 5.88 Å². The van der Waals surface area contributed by atoms with E-state index in [1.54, 1.807) is 0 Å². The minimum Gasteiger partial charge on any atom is -0.473 e. The summed E-state index contributed by atoms with van der Waals surface area (Å²) >= 11 is 0. The van der Waals surface area contributed by atoms with Gasteiger partial charge in [-0.05, 0) is 31.9 Å². The van der Waals surface area contributed by atoms with E-state index in [4.69, 9.17) is 9.47 Å². The molecule has 2 aromatic rings. The summed E-state index contributed by atoms with van der Waals surface area (Å²) in [6.45, 7) is 6.90. The van der Waals surface area contributed by atoms with Gasteiger partial charge in [-0.2, -0.15) is 5.10 Å². The van der Waals surface area contributed by atoms with Gasteiger partial charge in [-0.25, -0.2) is 4.68 Å². The minimum atomic E-state index is 0. The summed E-state index contributed by atoms with van der Waals surface area (Å²) in [4.78, 5) is 0. The molecule has 32 heavy (non-hydrogen) atoms. The maximum atomic E-state index is 6.01. The third-order valence-corrected chi connectivity index (χ3v) is 4.03. The van der Waals surface area contributed by atoms with Crippen molar-refractivity contribution in [3.63, 3.8) is 0 Å². The number of rotatable bonds is 7. The maximum absolute atomic E-state index is 6.01. The standard InChI is InChI=1S/C18H25N3O2.C2H6.5CH4.CH3.Y/c1-19-12-16-11-18(23-14-15-7-3-2-4-8-15)21(20-16)13-17-9-5-6-10-22-17;1-2;;;;;;;/h2-4,7-8,11,17,19H,5-6,9-10,12-14H2,1H3;1-2H3;5*1H4;1H3;/q;;;;;;;-1;. The van der Waals surface area contributed by atoms with Crippen molar-refractivity contribution in [1.82, 2.24) is 15.1 Å². The topological polar surface area (TPSA) is 48.3 Å². The fourth-order valence-electron chi connectivity index (χ4n) is 2.84. The van der Waals surface area contributed by atoms with Crippen LogP contribution in [0.5, 0.6) is 5.88 Å². The van der Waals surface area contributed by atoms with Gasteiger partial charge in [-0.15, -0.1) is 0 Å². The van der Waals surface area contributed by atoms with Crippen LogP contribution in [-0.2, 0) is 57.1 Å². The Kier molecular flexibility index (Phi) is 37.2. The molecule has 1 saturated heterocycles. The molecule has 0 bridgehead atoms. The minimum absolute atomic E-state index is 0. The average molecular weight is 530 g/mol. The predicted molar refractivity (Wildman–Crippen MR) is 141 cm³/mol. The van der Waals surface area contributed by atoms with E-state index in [1.807, 2.05) is 49.8 Å². The number of benzene rings is 1. The number of aromatic nitrogens is 2. The quantitative estimate of drug-likeness (QED) is 0.380. The molecule has 2 heterocycles. The van der Waals surface area contributed by atoms with Crippen molar-refractivity contribution in [2.75, 3.05) is 13.7 Å². The van der Waals surface area contributed by atoms with E-state index >= 15 is 0 Å². The second kappa shape index (κ2) is 26.5. The molecule has 1 aliphatic heterocycles. The molecule has 1 radical (unpaired) electrons. The number of nitrogens with zero attached hydrogens (tertiary/aromatic N) is 2. The first kappa shape index (κ1) is 44.9. The molecule has 1 aromatic carbocycles. The Morgan fingerprint density at radius 1 is 1.06 bits per heavy atom. The van der Waals surface area contributed by atoms with Crippen LogP contribution in [0.25, 0.3) is 0 Å². The van der Waals surface area contributed by atoms with Crippen LogP contribution in [0.3, 0.4) is 0 Å². The zero-order chi connectivity index (χ0) is 17.9. The Balaban J connectivity index is -0.000000183. The van der Waals surface area contributed by atoms with Crippen LogP contribution in [0.4, 0.5) is 0 Å². The monoisotopic (exact) mass is 529 g/mol. The Bertz CT molecular complexity index is 600. The van der Waals surface area contributed by atoms with Gasteiger partial charge >= 0.3 is 0 Å². The summed E-state index contributed by atoms with van der Waals surface area (Å²) in [6.07, 6.45) is 3.73. The Labute approximate surface area is 226 Å². The molecule has 189 valence electrons. The predicted octanol–water partition coefficient (Wildman–Crippen LogP) is 7.41. The van der Waals surface area contributed by atoms with E-state index in [0.717, 1.165) is 49.7 Å². The zero-order valence-corrected chi connectivity index (χ0v) is 20.1. The van der Waals surface area contributed by atoms with Crippen molar-refractivity contribution < 1.29 is 42.2 Å². The molecule has 0 spiro atoms. The number of hydrogen-bond donors (Lipinski definition) is 1. The van der Waals surface area contributed by atoms with Crippen molar-refractivity contribution in [2.45, 2.75) is 96.0 Å². The van der Waals surface area contributed by atoms with Gasteiger partial charge in [0.15, 0.2) is 0 Å². The van der Waals surface area contributed by atoms with Gasteiger partial charge in [-0.3, -0.25) is 0 Å². The van der Waals surface area contributed by atoms with Crippen molar-refractivity contribution in [3.05, 3.63) is 55.1 Å². The van der Waals surface area contributed by atoms with Gasteiger partial charge in [0.1, 0.15) is 6.61 Å². The second-order valence-electron chi connectivity index (χ2n) is 5.95. The zero-order valence-electron chi connectivity index (χ0n) is 17.3. The second-order valence-corrected chi connectivity index (χ2v) is 5.95. The van der Waals surface area contributed by atoms with Crippen LogP contribution >= 0.6 is 0 Å². The molecule has 3 rings (SSSR count). The molecule has 1 aliphatic rings. The Morgan fingerprint density at radius 3 is 2.22 bits per heavy atom. The van der Waals surface area contributed by atoms with Crippen molar-refractivity contribution in [1.29, 1.82) is 0 Å². The summed E-state index contributed by atoms with van der Waals surface area (Å²) < 4.78 is 13.8. The van der Waals surface area contributed by atoms with E-state index in [1.165, 1.54) is 6.42 Å². The van der Waals surface area contributed by atoms with Crippen LogP contribution in [0.2, 0.25) is 0 Å².